The van der Waals surface area contributed by atoms with E-state index in [1.54, 1.807) is 0 Å². The van der Waals surface area contributed by atoms with Crippen LogP contribution in [0.5, 0.6) is 0 Å². The van der Waals surface area contributed by atoms with E-state index >= 15 is 0 Å². The predicted molar refractivity (Wildman–Crippen MR) is 64.6 cm³/mol. The molecule has 2 N–H and O–H groups in total. The van der Waals surface area contributed by atoms with Crippen molar-refractivity contribution in [3.05, 3.63) is 0 Å². The number of nitrogens with two attached hydrogens (primary N) is 1. The molecule has 0 aromatic heterocycles. The summed E-state index contributed by atoms with van der Waals surface area (Å²) in [7, 11) is 0. The van der Waals surface area contributed by atoms with Gasteiger partial charge in [0.2, 0.25) is 5.91 Å². The second kappa shape index (κ2) is 8.72. The highest BCUT2D eigenvalue weighted by Gasteiger charge is 2.09. The van der Waals surface area contributed by atoms with Gasteiger partial charge in [-0.25, -0.2) is 0 Å². The Morgan fingerprint density at radius 1 is 1.27 bits per heavy atom. The van der Waals surface area contributed by atoms with Crippen LogP contribution in [0.1, 0.15) is 46.5 Å². The Labute approximate surface area is 94.0 Å². The number of unbranched alkanes of at least 4 members (excludes halogenated alkanes) is 3. The molecule has 0 saturated heterocycles. The minimum atomic E-state index is -0.217. The summed E-state index contributed by atoms with van der Waals surface area (Å²) < 4.78 is 0. The third-order valence-corrected chi connectivity index (χ3v) is 2.33. The zero-order chi connectivity index (χ0) is 11.7. The molecule has 0 spiro atoms. The molecule has 0 unspecified atom stereocenters. The molecule has 0 atom stereocenters. The van der Waals surface area contributed by atoms with Crippen LogP contribution in [0.15, 0.2) is 0 Å². The third-order valence-electron chi connectivity index (χ3n) is 2.33. The second-order valence-electron chi connectivity index (χ2n) is 4.66. The molecule has 0 saturated carbocycles. The van der Waals surface area contributed by atoms with Gasteiger partial charge in [0.25, 0.3) is 0 Å². The van der Waals surface area contributed by atoms with Gasteiger partial charge in [-0.15, -0.1) is 0 Å². The van der Waals surface area contributed by atoms with Crippen LogP contribution in [-0.2, 0) is 4.79 Å². The highest BCUT2D eigenvalue weighted by Crippen LogP contribution is 2.04. The van der Waals surface area contributed by atoms with E-state index in [4.69, 9.17) is 5.73 Å². The van der Waals surface area contributed by atoms with Gasteiger partial charge in [0.1, 0.15) is 0 Å². The van der Waals surface area contributed by atoms with E-state index in [0.717, 1.165) is 13.1 Å². The van der Waals surface area contributed by atoms with Gasteiger partial charge in [-0.05, 0) is 18.9 Å². The maximum Gasteiger partial charge on any atom is 0.231 e. The van der Waals surface area contributed by atoms with Crippen molar-refractivity contribution in [2.75, 3.05) is 19.6 Å². The Kier molecular flexibility index (Phi) is 8.38. The first-order valence-corrected chi connectivity index (χ1v) is 6.07. The third kappa shape index (κ3) is 9.73. The van der Waals surface area contributed by atoms with Crippen molar-refractivity contribution in [1.29, 1.82) is 0 Å². The Morgan fingerprint density at radius 3 is 2.40 bits per heavy atom. The van der Waals surface area contributed by atoms with E-state index < -0.39 is 0 Å². The molecule has 0 aliphatic heterocycles. The summed E-state index contributed by atoms with van der Waals surface area (Å²) in [4.78, 5) is 13.0. The Hall–Kier alpha value is -0.570. The summed E-state index contributed by atoms with van der Waals surface area (Å²) in [6.07, 6.45) is 4.96. The Balaban J connectivity index is 3.74. The number of carbonyl (C=O) groups is 1. The van der Waals surface area contributed by atoms with Gasteiger partial charge < -0.3 is 5.73 Å². The number of hydrogen-bond donors (Lipinski definition) is 1. The molecule has 15 heavy (non-hydrogen) atoms. The monoisotopic (exact) mass is 214 g/mol. The molecule has 0 bridgehead atoms. The molecule has 0 aliphatic carbocycles. The Morgan fingerprint density at radius 2 is 1.93 bits per heavy atom. The number of primary amides is 1. The average Bonchev–Trinajstić information content (AvgIpc) is 2.10. The van der Waals surface area contributed by atoms with Crippen LogP contribution in [0, 0.1) is 5.92 Å². The lowest BCUT2D eigenvalue weighted by Crippen LogP contribution is -2.36. The van der Waals surface area contributed by atoms with Gasteiger partial charge in [0, 0.05) is 6.54 Å². The van der Waals surface area contributed by atoms with Crippen LogP contribution in [0.4, 0.5) is 0 Å². The van der Waals surface area contributed by atoms with Crippen LogP contribution < -0.4 is 5.73 Å². The van der Waals surface area contributed by atoms with Crippen LogP contribution in [0.25, 0.3) is 0 Å². The first-order chi connectivity index (χ1) is 7.06. The number of amides is 1. The number of nitrogens with zero attached hydrogens (tertiary/aromatic N) is 1. The van der Waals surface area contributed by atoms with Crippen molar-refractivity contribution >= 4 is 5.91 Å². The summed E-state index contributed by atoms with van der Waals surface area (Å²) in [5.74, 6) is 0.377. The summed E-state index contributed by atoms with van der Waals surface area (Å²) in [5.41, 5.74) is 5.22. The summed E-state index contributed by atoms with van der Waals surface area (Å²) in [6.45, 7) is 8.91. The predicted octanol–water partition coefficient (Wildman–Crippen LogP) is 2.01. The molecular weight excluding hydrogens is 188 g/mol. The molecule has 0 radical (unpaired) electrons. The maximum atomic E-state index is 10.9. The van der Waals surface area contributed by atoms with Crippen molar-refractivity contribution in [3.63, 3.8) is 0 Å². The summed E-state index contributed by atoms with van der Waals surface area (Å²) in [5, 5.41) is 0. The maximum absolute atomic E-state index is 10.9. The van der Waals surface area contributed by atoms with Gasteiger partial charge in [0.15, 0.2) is 0 Å². The van der Waals surface area contributed by atoms with Crippen molar-refractivity contribution in [2.45, 2.75) is 46.5 Å². The molecule has 3 nitrogen and oxygen atoms in total. The molecule has 3 heteroatoms. The van der Waals surface area contributed by atoms with Crippen molar-refractivity contribution < 1.29 is 4.79 Å². The second-order valence-corrected chi connectivity index (χ2v) is 4.66. The topological polar surface area (TPSA) is 46.3 Å². The van der Waals surface area contributed by atoms with E-state index in [1.807, 2.05) is 0 Å². The van der Waals surface area contributed by atoms with Gasteiger partial charge in [-0.2, -0.15) is 0 Å². The fourth-order valence-corrected chi connectivity index (χ4v) is 1.73. The summed E-state index contributed by atoms with van der Waals surface area (Å²) in [6, 6.07) is 0. The lowest BCUT2D eigenvalue weighted by molar-refractivity contribution is -0.119. The van der Waals surface area contributed by atoms with E-state index in [-0.39, 0.29) is 5.91 Å². The number of hydrogen-bond acceptors (Lipinski definition) is 2. The zero-order valence-corrected chi connectivity index (χ0v) is 10.5. The fraction of sp³-hybridized carbons (Fsp3) is 0.917. The molecule has 0 heterocycles. The minimum Gasteiger partial charge on any atom is -0.369 e. The SMILES string of the molecule is CCCCCCN(CC(N)=O)CC(C)C. The van der Waals surface area contributed by atoms with Crippen molar-refractivity contribution in [2.24, 2.45) is 11.7 Å². The molecule has 90 valence electrons. The molecule has 1 amide bonds. The smallest absolute Gasteiger partial charge is 0.231 e. The van der Waals surface area contributed by atoms with Crippen LogP contribution in [-0.4, -0.2) is 30.4 Å². The quantitative estimate of drug-likeness (QED) is 0.597. The van der Waals surface area contributed by atoms with Gasteiger partial charge in [-0.3, -0.25) is 9.69 Å². The van der Waals surface area contributed by atoms with Gasteiger partial charge >= 0.3 is 0 Å². The lowest BCUT2D eigenvalue weighted by atomic mass is 10.1. The molecule has 0 rings (SSSR count). The van der Waals surface area contributed by atoms with Gasteiger partial charge in [-0.1, -0.05) is 40.0 Å². The largest absolute Gasteiger partial charge is 0.369 e. The van der Waals surface area contributed by atoms with E-state index in [9.17, 15) is 4.79 Å². The fourth-order valence-electron chi connectivity index (χ4n) is 1.73. The number of rotatable bonds is 9. The van der Waals surface area contributed by atoms with E-state index in [2.05, 4.69) is 25.7 Å². The summed E-state index contributed by atoms with van der Waals surface area (Å²) >= 11 is 0. The molecule has 0 aliphatic rings. The highest BCUT2D eigenvalue weighted by molar-refractivity contribution is 5.75. The normalized spacial score (nSPS) is 11.3. The minimum absolute atomic E-state index is 0.217. The van der Waals surface area contributed by atoms with Crippen LogP contribution >= 0.6 is 0 Å². The van der Waals surface area contributed by atoms with Crippen LogP contribution in [0.3, 0.4) is 0 Å². The highest BCUT2D eigenvalue weighted by atomic mass is 16.1. The molecule has 0 aromatic rings. The Bertz CT molecular complexity index is 169. The average molecular weight is 214 g/mol. The first-order valence-electron chi connectivity index (χ1n) is 6.07. The van der Waals surface area contributed by atoms with Crippen molar-refractivity contribution in [1.82, 2.24) is 4.90 Å². The van der Waals surface area contributed by atoms with Crippen molar-refractivity contribution in [3.8, 4) is 0 Å². The standard InChI is InChI=1S/C12H26N2O/c1-4-5-6-7-8-14(9-11(2)3)10-12(13)15/h11H,4-10H2,1-3H3,(H2,13,15). The van der Waals surface area contributed by atoms with E-state index in [0.29, 0.717) is 12.5 Å². The van der Waals surface area contributed by atoms with Crippen LogP contribution in [0.2, 0.25) is 0 Å². The molecule has 0 aromatic carbocycles. The molecular formula is C12H26N2O. The lowest BCUT2D eigenvalue weighted by Gasteiger charge is -2.22. The van der Waals surface area contributed by atoms with Gasteiger partial charge in [0.05, 0.1) is 6.54 Å². The first kappa shape index (κ1) is 14.4. The number of carbonyl (C=O) groups excluding carboxylic acids is 1. The molecule has 0 fully saturated rings. The van der Waals surface area contributed by atoms with E-state index in [1.165, 1.54) is 25.7 Å². The zero-order valence-electron chi connectivity index (χ0n) is 10.5.